The maximum Gasteiger partial charge on any atom is 0.412 e. The molecular weight excluding hydrogens is 453 g/mol. The smallest absolute Gasteiger partial charge is 0.412 e. The van der Waals surface area contributed by atoms with Gasteiger partial charge in [0, 0.05) is 35.3 Å². The Kier molecular flexibility index (Phi) is 5.65. The molecule has 1 aliphatic carbocycles. The van der Waals surface area contributed by atoms with Gasteiger partial charge in [-0.1, -0.05) is 23.2 Å². The van der Waals surface area contributed by atoms with Gasteiger partial charge in [0.05, 0.1) is 46.0 Å². The molecule has 2 aromatic rings. The predicted molar refractivity (Wildman–Crippen MR) is 121 cm³/mol. The second-order valence-electron chi connectivity index (χ2n) is 8.08. The zero-order valence-electron chi connectivity index (χ0n) is 17.1. The van der Waals surface area contributed by atoms with Crippen LogP contribution >= 0.6 is 23.2 Å². The van der Waals surface area contributed by atoms with E-state index in [4.69, 9.17) is 27.9 Å². The largest absolute Gasteiger partial charge is 0.489 e. The fourth-order valence-corrected chi connectivity index (χ4v) is 4.94. The van der Waals surface area contributed by atoms with Gasteiger partial charge in [-0.25, -0.2) is 4.79 Å². The maximum absolute atomic E-state index is 11.9. The third kappa shape index (κ3) is 4.00. The van der Waals surface area contributed by atoms with Crippen molar-refractivity contribution >= 4 is 46.8 Å². The van der Waals surface area contributed by atoms with Crippen molar-refractivity contribution in [3.05, 3.63) is 50.9 Å². The summed E-state index contributed by atoms with van der Waals surface area (Å²) in [5.41, 5.74) is 2.34. The molecule has 1 saturated carbocycles. The van der Waals surface area contributed by atoms with Gasteiger partial charge in [-0.05, 0) is 37.8 Å². The van der Waals surface area contributed by atoms with Crippen molar-refractivity contribution in [2.75, 3.05) is 11.4 Å². The molecule has 0 aromatic carbocycles. The Labute approximate surface area is 193 Å². The van der Waals surface area contributed by atoms with Crippen molar-refractivity contribution in [3.63, 3.8) is 0 Å². The standard InChI is InChI=1S/C22H21Cl2N5O3/c23-13-5-6-29(22(30)31)21-17-11-26-28-19(20(17)27-18(21)8-13)12-1-3-15(4-2-12)32-16-7-14(24)9-25-10-16/h5,7-10,12,15,27H,1-4,6,11H2,(H,30,31). The van der Waals surface area contributed by atoms with Crippen LogP contribution in [-0.2, 0) is 6.54 Å². The summed E-state index contributed by atoms with van der Waals surface area (Å²) >= 11 is 12.2. The Morgan fingerprint density at radius 1 is 1.22 bits per heavy atom. The highest BCUT2D eigenvalue weighted by atomic mass is 35.5. The number of azo groups is 1. The first-order chi connectivity index (χ1) is 15.5. The van der Waals surface area contributed by atoms with E-state index in [2.05, 4.69) is 20.2 Å². The van der Waals surface area contributed by atoms with Crippen LogP contribution < -0.4 is 20.3 Å². The number of aromatic nitrogens is 2. The molecule has 0 unspecified atom stereocenters. The fraction of sp³-hybridized carbons (Fsp3) is 0.364. The summed E-state index contributed by atoms with van der Waals surface area (Å²) in [5, 5.41) is 21.1. The number of carbonyl (C=O) groups is 1. The van der Waals surface area contributed by atoms with Crippen molar-refractivity contribution in [1.82, 2.24) is 9.97 Å². The zero-order valence-corrected chi connectivity index (χ0v) is 18.6. The molecule has 5 rings (SSSR count). The second-order valence-corrected chi connectivity index (χ2v) is 8.96. The Morgan fingerprint density at radius 2 is 2.03 bits per heavy atom. The van der Waals surface area contributed by atoms with Gasteiger partial charge in [-0.2, -0.15) is 10.2 Å². The number of hydrogen-bond donors (Lipinski definition) is 2. The number of fused-ring (bicyclic) bond motifs is 3. The molecule has 10 heteroatoms. The van der Waals surface area contributed by atoms with Gasteiger partial charge in [0.25, 0.3) is 0 Å². The molecule has 0 saturated heterocycles. The van der Waals surface area contributed by atoms with Crippen LogP contribution in [0, 0.1) is 5.92 Å². The van der Waals surface area contributed by atoms with Crippen LogP contribution in [-0.4, -0.2) is 33.8 Å². The van der Waals surface area contributed by atoms with Gasteiger partial charge in [0.1, 0.15) is 5.75 Å². The Balaban J connectivity index is 1.43. The number of anilines is 1. The molecule has 1 amide bonds. The molecule has 4 heterocycles. The van der Waals surface area contributed by atoms with Crippen LogP contribution in [0.5, 0.6) is 5.75 Å². The van der Waals surface area contributed by atoms with Crippen LogP contribution in [0.1, 0.15) is 31.2 Å². The topological polar surface area (TPSA) is 103 Å². The average Bonchev–Trinajstić information content (AvgIpc) is 3.03. The van der Waals surface area contributed by atoms with Crippen molar-refractivity contribution in [2.24, 2.45) is 16.1 Å². The lowest BCUT2D eigenvalue weighted by Crippen LogP contribution is -2.33. The van der Waals surface area contributed by atoms with Crippen LogP contribution in [0.2, 0.25) is 5.02 Å². The van der Waals surface area contributed by atoms with Gasteiger partial charge in [0.15, 0.2) is 0 Å². The monoisotopic (exact) mass is 473 g/mol. The van der Waals surface area contributed by atoms with Gasteiger partial charge >= 0.3 is 6.09 Å². The lowest BCUT2D eigenvalue weighted by atomic mass is 9.84. The number of amides is 1. The number of hydrogen-bond acceptors (Lipinski definition) is 5. The summed E-state index contributed by atoms with van der Waals surface area (Å²) in [5.74, 6) is 0.886. The van der Waals surface area contributed by atoms with Crippen molar-refractivity contribution in [1.29, 1.82) is 0 Å². The number of ether oxygens (including phenoxy) is 1. The molecule has 2 N–H and O–H groups in total. The number of halogens is 2. The number of H-pyrrole nitrogens is 1. The van der Waals surface area contributed by atoms with E-state index >= 15 is 0 Å². The number of allylic oxidation sites excluding steroid dienone is 1. The predicted octanol–water partition coefficient (Wildman–Crippen LogP) is 4.18. The molecule has 2 aromatic heterocycles. The molecule has 8 nitrogen and oxygen atoms in total. The van der Waals surface area contributed by atoms with E-state index in [0.29, 0.717) is 33.4 Å². The van der Waals surface area contributed by atoms with E-state index in [1.165, 1.54) is 4.90 Å². The highest BCUT2D eigenvalue weighted by molar-refractivity contribution is 6.34. The Bertz CT molecular complexity index is 1240. The second kappa shape index (κ2) is 8.60. The fourth-order valence-electron chi connectivity index (χ4n) is 4.60. The van der Waals surface area contributed by atoms with E-state index in [1.54, 1.807) is 30.6 Å². The van der Waals surface area contributed by atoms with E-state index in [0.717, 1.165) is 42.3 Å². The summed E-state index contributed by atoms with van der Waals surface area (Å²) in [4.78, 5) is 20.6. The van der Waals surface area contributed by atoms with E-state index < -0.39 is 6.09 Å². The summed E-state index contributed by atoms with van der Waals surface area (Å²) in [6.07, 6.45) is 9.28. The molecule has 0 bridgehead atoms. The minimum Gasteiger partial charge on any atom is -0.489 e. The summed E-state index contributed by atoms with van der Waals surface area (Å²) < 4.78 is 6.06. The molecule has 32 heavy (non-hydrogen) atoms. The first-order valence-corrected chi connectivity index (χ1v) is 11.2. The SMILES string of the molecule is O=C(O)N1CC=C(Cl)C=c2[nH]c3c(c21)CN=NC=3C1CCC(Oc2cncc(Cl)c2)CC1. The normalized spacial score (nSPS) is 22.4. The highest BCUT2D eigenvalue weighted by Gasteiger charge is 2.30. The quantitative estimate of drug-likeness (QED) is 0.697. The van der Waals surface area contributed by atoms with Crippen LogP contribution in [0.3, 0.4) is 0 Å². The van der Waals surface area contributed by atoms with Gasteiger partial charge < -0.3 is 14.8 Å². The summed E-state index contributed by atoms with van der Waals surface area (Å²) in [6.45, 7) is 0.523. The molecule has 166 valence electrons. The summed E-state index contributed by atoms with van der Waals surface area (Å²) in [7, 11) is 0. The average molecular weight is 474 g/mol. The Morgan fingerprint density at radius 3 is 2.78 bits per heavy atom. The number of rotatable bonds is 3. The number of aromatic amines is 1. The molecule has 1 fully saturated rings. The van der Waals surface area contributed by atoms with Gasteiger partial charge in [-0.15, -0.1) is 0 Å². The van der Waals surface area contributed by atoms with Crippen LogP contribution in [0.15, 0.2) is 39.8 Å². The highest BCUT2D eigenvalue weighted by Crippen LogP contribution is 2.35. The van der Waals surface area contributed by atoms with Gasteiger partial charge in [-0.3, -0.25) is 9.88 Å². The van der Waals surface area contributed by atoms with Crippen LogP contribution in [0.4, 0.5) is 10.5 Å². The lowest BCUT2D eigenvalue weighted by molar-refractivity contribution is 0.142. The number of nitrogens with one attached hydrogen (secondary N) is 1. The van der Waals surface area contributed by atoms with E-state index in [1.807, 2.05) is 0 Å². The molecule has 0 atom stereocenters. The molecule has 3 aliphatic rings. The maximum atomic E-state index is 11.9. The first kappa shape index (κ1) is 21.0. The Hall–Kier alpha value is -2.84. The lowest BCUT2D eigenvalue weighted by Gasteiger charge is -2.29. The molecule has 0 spiro atoms. The molecule has 0 radical (unpaired) electrons. The summed E-state index contributed by atoms with van der Waals surface area (Å²) in [6, 6.07) is 1.77. The molecule has 2 aliphatic heterocycles. The number of nitrogens with zero attached hydrogens (tertiary/aromatic N) is 4. The zero-order chi connectivity index (χ0) is 22.2. The third-order valence-electron chi connectivity index (χ3n) is 6.06. The van der Waals surface area contributed by atoms with Crippen molar-refractivity contribution in [3.8, 4) is 5.75 Å². The van der Waals surface area contributed by atoms with E-state index in [9.17, 15) is 9.90 Å². The van der Waals surface area contributed by atoms with Gasteiger partial charge in [0.2, 0.25) is 0 Å². The molecular formula is C22H21Cl2N5O3. The van der Waals surface area contributed by atoms with Crippen molar-refractivity contribution < 1.29 is 14.6 Å². The minimum absolute atomic E-state index is 0.0901. The van der Waals surface area contributed by atoms with E-state index in [-0.39, 0.29) is 18.6 Å². The number of carboxylic acid groups (broad SMARTS) is 1. The van der Waals surface area contributed by atoms with Crippen molar-refractivity contribution in [2.45, 2.75) is 38.3 Å². The van der Waals surface area contributed by atoms with Crippen LogP contribution in [0.25, 0.3) is 11.8 Å². The minimum atomic E-state index is -1.03. The first-order valence-electron chi connectivity index (χ1n) is 10.5. The number of pyridine rings is 1. The third-order valence-corrected chi connectivity index (χ3v) is 6.53.